The summed E-state index contributed by atoms with van der Waals surface area (Å²) in [6.07, 6.45) is 1.72. The lowest BCUT2D eigenvalue weighted by Crippen LogP contribution is -2.48. The highest BCUT2D eigenvalue weighted by Crippen LogP contribution is 2.20. The minimum atomic E-state index is -3.58. The Kier molecular flexibility index (Phi) is 4.50. The van der Waals surface area contributed by atoms with Gasteiger partial charge in [-0.1, -0.05) is 6.07 Å². The Balaban J connectivity index is 1.72. The molecule has 1 aromatic heterocycles. The van der Waals surface area contributed by atoms with E-state index >= 15 is 0 Å². The highest BCUT2D eigenvalue weighted by Gasteiger charge is 2.28. The van der Waals surface area contributed by atoms with Crippen LogP contribution in [0.3, 0.4) is 0 Å². The van der Waals surface area contributed by atoms with Gasteiger partial charge in [-0.2, -0.15) is 4.31 Å². The fourth-order valence-electron chi connectivity index (χ4n) is 2.64. The summed E-state index contributed by atoms with van der Waals surface area (Å²) >= 11 is 0. The van der Waals surface area contributed by atoms with Crippen molar-refractivity contribution in [2.24, 2.45) is 5.73 Å². The van der Waals surface area contributed by atoms with Gasteiger partial charge in [0.1, 0.15) is 5.82 Å². The standard InChI is InChI=1S/C16H18N4O3S/c17-16(21)13-4-6-14(7-5-13)24(22,23)20-11-9-19(10-12-20)15-3-1-2-8-18-15/h1-8H,9-12H2,(H2,17,21). The van der Waals surface area contributed by atoms with E-state index in [-0.39, 0.29) is 10.5 Å². The Morgan fingerprint density at radius 1 is 1.00 bits per heavy atom. The first-order valence-electron chi connectivity index (χ1n) is 7.54. The SMILES string of the molecule is NC(=O)c1ccc(S(=O)(=O)N2CCN(c3ccccn3)CC2)cc1. The van der Waals surface area contributed by atoms with Crippen molar-refractivity contribution in [1.82, 2.24) is 9.29 Å². The number of anilines is 1. The number of nitrogens with two attached hydrogens (primary N) is 1. The normalized spacial score (nSPS) is 16.1. The number of pyridine rings is 1. The second kappa shape index (κ2) is 6.58. The van der Waals surface area contributed by atoms with Gasteiger partial charge in [0.2, 0.25) is 15.9 Å². The van der Waals surface area contributed by atoms with Crippen molar-refractivity contribution in [2.45, 2.75) is 4.90 Å². The number of carbonyl (C=O) groups excluding carboxylic acids is 1. The highest BCUT2D eigenvalue weighted by molar-refractivity contribution is 7.89. The molecule has 2 aromatic rings. The van der Waals surface area contributed by atoms with E-state index in [2.05, 4.69) is 9.88 Å². The van der Waals surface area contributed by atoms with Crippen molar-refractivity contribution in [3.8, 4) is 0 Å². The van der Waals surface area contributed by atoms with Crippen LogP contribution in [0.15, 0.2) is 53.6 Å². The third kappa shape index (κ3) is 3.24. The minimum Gasteiger partial charge on any atom is -0.366 e. The lowest BCUT2D eigenvalue weighted by molar-refractivity contribution is 0.1000. The molecule has 24 heavy (non-hydrogen) atoms. The van der Waals surface area contributed by atoms with Crippen LogP contribution in [0.1, 0.15) is 10.4 Å². The summed E-state index contributed by atoms with van der Waals surface area (Å²) in [5, 5.41) is 0. The van der Waals surface area contributed by atoms with Crippen molar-refractivity contribution in [3.63, 3.8) is 0 Å². The van der Waals surface area contributed by atoms with Gasteiger partial charge in [0, 0.05) is 37.9 Å². The lowest BCUT2D eigenvalue weighted by Gasteiger charge is -2.34. The number of sulfonamides is 1. The third-order valence-electron chi connectivity index (χ3n) is 3.99. The maximum atomic E-state index is 12.7. The van der Waals surface area contributed by atoms with E-state index in [0.29, 0.717) is 26.2 Å². The zero-order chi connectivity index (χ0) is 17.2. The van der Waals surface area contributed by atoms with E-state index in [1.807, 2.05) is 18.2 Å². The van der Waals surface area contributed by atoms with E-state index in [9.17, 15) is 13.2 Å². The van der Waals surface area contributed by atoms with Gasteiger partial charge in [0.15, 0.2) is 0 Å². The second-order valence-corrected chi connectivity index (χ2v) is 7.41. The number of amides is 1. The van der Waals surface area contributed by atoms with Gasteiger partial charge in [0.05, 0.1) is 4.90 Å². The molecule has 0 radical (unpaired) electrons. The summed E-state index contributed by atoms with van der Waals surface area (Å²) in [5.74, 6) is 0.267. The Labute approximate surface area is 140 Å². The van der Waals surface area contributed by atoms with Gasteiger partial charge in [-0.3, -0.25) is 4.79 Å². The van der Waals surface area contributed by atoms with Gasteiger partial charge in [0.25, 0.3) is 0 Å². The molecule has 0 atom stereocenters. The molecule has 1 fully saturated rings. The molecule has 0 unspecified atom stereocenters. The summed E-state index contributed by atoms with van der Waals surface area (Å²) in [6, 6.07) is 11.4. The maximum absolute atomic E-state index is 12.7. The van der Waals surface area contributed by atoms with Crippen LogP contribution in [0.5, 0.6) is 0 Å². The molecule has 2 heterocycles. The number of nitrogens with zero attached hydrogens (tertiary/aromatic N) is 3. The number of hydrogen-bond donors (Lipinski definition) is 1. The lowest BCUT2D eigenvalue weighted by atomic mass is 10.2. The number of carbonyl (C=O) groups is 1. The Bertz CT molecular complexity index is 814. The highest BCUT2D eigenvalue weighted by atomic mass is 32.2. The van der Waals surface area contributed by atoms with E-state index in [0.717, 1.165) is 5.82 Å². The first kappa shape index (κ1) is 16.4. The van der Waals surface area contributed by atoms with Crippen LogP contribution >= 0.6 is 0 Å². The predicted molar refractivity (Wildman–Crippen MR) is 90.2 cm³/mol. The average Bonchev–Trinajstić information content (AvgIpc) is 2.62. The summed E-state index contributed by atoms with van der Waals surface area (Å²) in [6.45, 7) is 1.93. The number of aromatic nitrogens is 1. The largest absolute Gasteiger partial charge is 0.366 e. The van der Waals surface area contributed by atoms with Gasteiger partial charge in [-0.15, -0.1) is 0 Å². The van der Waals surface area contributed by atoms with E-state index in [1.54, 1.807) is 6.20 Å². The van der Waals surface area contributed by atoms with Crippen molar-refractivity contribution in [1.29, 1.82) is 0 Å². The van der Waals surface area contributed by atoms with Crippen molar-refractivity contribution in [3.05, 3.63) is 54.2 Å². The van der Waals surface area contributed by atoms with Crippen LogP contribution in [0, 0.1) is 0 Å². The zero-order valence-corrected chi connectivity index (χ0v) is 13.8. The van der Waals surface area contributed by atoms with Gasteiger partial charge >= 0.3 is 0 Å². The molecule has 1 aliphatic heterocycles. The Morgan fingerprint density at radius 3 is 2.21 bits per heavy atom. The second-order valence-electron chi connectivity index (χ2n) is 5.47. The molecular weight excluding hydrogens is 328 g/mol. The molecule has 1 aliphatic rings. The predicted octanol–water partition coefficient (Wildman–Crippen LogP) is 0.691. The number of benzene rings is 1. The fraction of sp³-hybridized carbons (Fsp3) is 0.250. The first-order chi connectivity index (χ1) is 11.5. The van der Waals surface area contributed by atoms with Crippen LogP contribution in [0.25, 0.3) is 0 Å². The molecule has 1 saturated heterocycles. The van der Waals surface area contributed by atoms with Crippen LogP contribution in [0.4, 0.5) is 5.82 Å². The van der Waals surface area contributed by atoms with Crippen LogP contribution in [0.2, 0.25) is 0 Å². The summed E-state index contributed by atoms with van der Waals surface area (Å²) in [4.78, 5) is 17.6. The molecule has 0 bridgehead atoms. The number of piperazine rings is 1. The maximum Gasteiger partial charge on any atom is 0.248 e. The molecule has 8 heteroatoms. The Hall–Kier alpha value is -2.45. The van der Waals surface area contributed by atoms with E-state index in [1.165, 1.54) is 28.6 Å². The van der Waals surface area contributed by atoms with Gasteiger partial charge in [-0.05, 0) is 36.4 Å². The number of rotatable bonds is 4. The first-order valence-corrected chi connectivity index (χ1v) is 8.98. The van der Waals surface area contributed by atoms with Crippen LogP contribution in [-0.4, -0.2) is 49.8 Å². The molecule has 0 saturated carbocycles. The smallest absolute Gasteiger partial charge is 0.248 e. The van der Waals surface area contributed by atoms with Crippen molar-refractivity contribution in [2.75, 3.05) is 31.1 Å². The molecule has 3 rings (SSSR count). The molecule has 1 aromatic carbocycles. The zero-order valence-electron chi connectivity index (χ0n) is 13.0. The van der Waals surface area contributed by atoms with Gasteiger partial charge < -0.3 is 10.6 Å². The summed E-state index contributed by atoms with van der Waals surface area (Å²) in [7, 11) is -3.58. The van der Waals surface area contributed by atoms with Crippen molar-refractivity contribution >= 4 is 21.7 Å². The number of primary amides is 1. The summed E-state index contributed by atoms with van der Waals surface area (Å²) in [5.41, 5.74) is 5.46. The molecule has 2 N–H and O–H groups in total. The Morgan fingerprint density at radius 2 is 1.67 bits per heavy atom. The fourth-order valence-corrected chi connectivity index (χ4v) is 4.06. The average molecular weight is 346 g/mol. The minimum absolute atomic E-state index is 0.166. The van der Waals surface area contributed by atoms with Crippen LogP contribution in [-0.2, 0) is 10.0 Å². The summed E-state index contributed by atoms with van der Waals surface area (Å²) < 4.78 is 26.8. The van der Waals surface area contributed by atoms with E-state index in [4.69, 9.17) is 5.73 Å². The third-order valence-corrected chi connectivity index (χ3v) is 5.90. The van der Waals surface area contributed by atoms with Crippen LogP contribution < -0.4 is 10.6 Å². The molecular formula is C16H18N4O3S. The molecule has 0 spiro atoms. The number of hydrogen-bond acceptors (Lipinski definition) is 5. The van der Waals surface area contributed by atoms with Crippen molar-refractivity contribution < 1.29 is 13.2 Å². The molecule has 7 nitrogen and oxygen atoms in total. The topological polar surface area (TPSA) is 96.6 Å². The molecule has 126 valence electrons. The van der Waals surface area contributed by atoms with E-state index < -0.39 is 15.9 Å². The monoisotopic (exact) mass is 346 g/mol. The molecule has 0 aliphatic carbocycles. The van der Waals surface area contributed by atoms with Gasteiger partial charge in [-0.25, -0.2) is 13.4 Å². The quantitative estimate of drug-likeness (QED) is 0.879. The molecule has 1 amide bonds.